The first kappa shape index (κ1) is 14.2. The van der Waals surface area contributed by atoms with Crippen molar-refractivity contribution in [1.29, 1.82) is 0 Å². The monoisotopic (exact) mass is 254 g/mol. The zero-order chi connectivity index (χ0) is 13.7. The summed E-state index contributed by atoms with van der Waals surface area (Å²) in [6, 6.07) is -0.307. The Bertz CT molecular complexity index is 427. The Hall–Kier alpha value is -1.85. The number of carboxylic acids is 1. The van der Waals surface area contributed by atoms with Gasteiger partial charge in [-0.2, -0.15) is 0 Å². The van der Waals surface area contributed by atoms with Crippen LogP contribution in [-0.4, -0.2) is 40.1 Å². The van der Waals surface area contributed by atoms with Crippen LogP contribution < -0.4 is 0 Å². The van der Waals surface area contributed by atoms with Gasteiger partial charge in [0.25, 0.3) is 0 Å². The van der Waals surface area contributed by atoms with Gasteiger partial charge in [-0.1, -0.05) is 5.16 Å². The van der Waals surface area contributed by atoms with Gasteiger partial charge in [0.15, 0.2) is 0 Å². The summed E-state index contributed by atoms with van der Waals surface area (Å²) in [5.74, 6) is -0.985. The second-order valence-corrected chi connectivity index (χ2v) is 4.38. The topological polar surface area (TPSA) is 83.6 Å². The van der Waals surface area contributed by atoms with Crippen molar-refractivity contribution in [3.05, 3.63) is 17.5 Å². The fourth-order valence-corrected chi connectivity index (χ4v) is 1.61. The van der Waals surface area contributed by atoms with Crippen molar-refractivity contribution in [2.24, 2.45) is 0 Å². The highest BCUT2D eigenvalue weighted by Gasteiger charge is 2.18. The van der Waals surface area contributed by atoms with Crippen molar-refractivity contribution in [2.75, 3.05) is 7.05 Å². The minimum atomic E-state index is -0.906. The third kappa shape index (κ3) is 3.87. The van der Waals surface area contributed by atoms with E-state index in [1.54, 1.807) is 14.0 Å². The number of aromatic nitrogens is 1. The molecule has 0 aliphatic heterocycles. The molecular weight excluding hydrogens is 236 g/mol. The predicted molar refractivity (Wildman–Crippen MR) is 64.0 cm³/mol. The number of carboxylic acid groups (broad SMARTS) is 1. The van der Waals surface area contributed by atoms with E-state index in [-0.39, 0.29) is 18.4 Å². The van der Waals surface area contributed by atoms with Crippen molar-refractivity contribution < 1.29 is 19.2 Å². The maximum atomic E-state index is 11.9. The fourth-order valence-electron chi connectivity index (χ4n) is 1.61. The van der Waals surface area contributed by atoms with Gasteiger partial charge in [0, 0.05) is 25.1 Å². The lowest BCUT2D eigenvalue weighted by atomic mass is 10.1. The molecule has 6 nitrogen and oxygen atoms in total. The fraction of sp³-hybridized carbons (Fsp3) is 0.583. The van der Waals surface area contributed by atoms with Crippen LogP contribution in [0.3, 0.4) is 0 Å². The molecule has 1 N–H and O–H groups in total. The van der Waals surface area contributed by atoms with Gasteiger partial charge in [-0.3, -0.25) is 9.59 Å². The molecule has 0 aliphatic carbocycles. The highest BCUT2D eigenvalue weighted by molar-refractivity contribution is 5.77. The van der Waals surface area contributed by atoms with E-state index >= 15 is 0 Å². The summed E-state index contributed by atoms with van der Waals surface area (Å²) in [7, 11) is 1.62. The highest BCUT2D eigenvalue weighted by Crippen LogP contribution is 2.10. The molecular formula is C12H18N2O4. The molecule has 1 aromatic heterocycles. The summed E-state index contributed by atoms with van der Waals surface area (Å²) in [5, 5.41) is 12.4. The Morgan fingerprint density at radius 3 is 2.72 bits per heavy atom. The van der Waals surface area contributed by atoms with E-state index in [4.69, 9.17) is 9.63 Å². The van der Waals surface area contributed by atoms with Crippen LogP contribution in [-0.2, 0) is 16.0 Å². The maximum Gasteiger partial charge on any atom is 0.305 e. The van der Waals surface area contributed by atoms with Crippen molar-refractivity contribution >= 4 is 11.9 Å². The molecule has 18 heavy (non-hydrogen) atoms. The summed E-state index contributed by atoms with van der Waals surface area (Å²) in [4.78, 5) is 23.9. The molecule has 1 aromatic rings. The van der Waals surface area contributed by atoms with Crippen molar-refractivity contribution in [2.45, 2.75) is 39.2 Å². The standard InChI is InChI=1S/C12H18N2O4/c1-8(6-12(16)17)14(3)11(15)5-4-10-7-18-13-9(10)2/h7-8H,4-6H2,1-3H3,(H,16,17). The Labute approximate surface area is 106 Å². The van der Waals surface area contributed by atoms with E-state index in [0.29, 0.717) is 12.8 Å². The number of amides is 1. The lowest BCUT2D eigenvalue weighted by molar-refractivity contribution is -0.139. The van der Waals surface area contributed by atoms with Crippen molar-refractivity contribution in [3.8, 4) is 0 Å². The van der Waals surface area contributed by atoms with Crippen molar-refractivity contribution in [1.82, 2.24) is 10.1 Å². The van der Waals surface area contributed by atoms with E-state index in [1.807, 2.05) is 6.92 Å². The van der Waals surface area contributed by atoms with Crippen LogP contribution in [0.1, 0.15) is 31.0 Å². The molecule has 1 heterocycles. The van der Waals surface area contributed by atoms with Crippen LogP contribution >= 0.6 is 0 Å². The van der Waals surface area contributed by atoms with Crippen LogP contribution in [0.2, 0.25) is 0 Å². The number of carbonyl (C=O) groups is 2. The maximum absolute atomic E-state index is 11.9. The number of nitrogens with zero attached hydrogens (tertiary/aromatic N) is 2. The Kier molecular flexibility index (Phi) is 4.88. The van der Waals surface area contributed by atoms with Crippen LogP contribution in [0.15, 0.2) is 10.8 Å². The van der Waals surface area contributed by atoms with Gasteiger partial charge in [0.1, 0.15) is 6.26 Å². The Morgan fingerprint density at radius 2 is 2.22 bits per heavy atom. The zero-order valence-electron chi connectivity index (χ0n) is 10.8. The molecule has 6 heteroatoms. The third-order valence-electron chi connectivity index (χ3n) is 2.98. The van der Waals surface area contributed by atoms with Crippen LogP contribution in [0, 0.1) is 6.92 Å². The lowest BCUT2D eigenvalue weighted by Crippen LogP contribution is -2.36. The largest absolute Gasteiger partial charge is 0.481 e. The number of rotatable bonds is 6. The average molecular weight is 254 g/mol. The minimum Gasteiger partial charge on any atom is -0.481 e. The highest BCUT2D eigenvalue weighted by atomic mass is 16.5. The molecule has 0 bridgehead atoms. The van der Waals surface area contributed by atoms with Crippen LogP contribution in [0.5, 0.6) is 0 Å². The minimum absolute atomic E-state index is 0.0471. The number of hydrogen-bond donors (Lipinski definition) is 1. The first-order valence-electron chi connectivity index (χ1n) is 5.79. The summed E-state index contributed by atoms with van der Waals surface area (Å²) >= 11 is 0. The first-order chi connectivity index (χ1) is 8.41. The zero-order valence-corrected chi connectivity index (χ0v) is 10.8. The van der Waals surface area contributed by atoms with Crippen LogP contribution in [0.4, 0.5) is 0 Å². The number of carbonyl (C=O) groups excluding carboxylic acids is 1. The number of aryl methyl sites for hydroxylation is 2. The van der Waals surface area contributed by atoms with Gasteiger partial charge >= 0.3 is 5.97 Å². The average Bonchev–Trinajstić information content (AvgIpc) is 2.69. The Morgan fingerprint density at radius 1 is 1.56 bits per heavy atom. The molecule has 1 rings (SSSR count). The first-order valence-corrected chi connectivity index (χ1v) is 5.79. The van der Waals surface area contributed by atoms with E-state index in [9.17, 15) is 9.59 Å². The van der Waals surface area contributed by atoms with E-state index < -0.39 is 5.97 Å². The van der Waals surface area contributed by atoms with E-state index in [1.165, 1.54) is 11.2 Å². The molecule has 100 valence electrons. The molecule has 0 fully saturated rings. The SMILES string of the molecule is Cc1nocc1CCC(=O)N(C)C(C)CC(=O)O. The predicted octanol–water partition coefficient (Wildman–Crippen LogP) is 1.24. The third-order valence-corrected chi connectivity index (χ3v) is 2.98. The van der Waals surface area contributed by atoms with Gasteiger partial charge in [0.2, 0.25) is 5.91 Å². The molecule has 1 atom stereocenters. The van der Waals surface area contributed by atoms with E-state index in [2.05, 4.69) is 5.16 Å². The molecule has 1 unspecified atom stereocenters. The Balaban J connectivity index is 2.45. The number of hydrogen-bond acceptors (Lipinski definition) is 4. The molecule has 1 amide bonds. The molecule has 0 radical (unpaired) electrons. The van der Waals surface area contributed by atoms with Gasteiger partial charge in [-0.15, -0.1) is 0 Å². The molecule has 0 aromatic carbocycles. The van der Waals surface area contributed by atoms with Gasteiger partial charge in [-0.05, 0) is 20.3 Å². The summed E-state index contributed by atoms with van der Waals surface area (Å²) in [6.45, 7) is 3.54. The summed E-state index contributed by atoms with van der Waals surface area (Å²) in [6.07, 6.45) is 2.36. The summed E-state index contributed by atoms with van der Waals surface area (Å²) < 4.78 is 4.79. The molecule has 0 aliphatic rings. The van der Waals surface area contributed by atoms with Crippen LogP contribution in [0.25, 0.3) is 0 Å². The quantitative estimate of drug-likeness (QED) is 0.825. The van der Waals surface area contributed by atoms with Gasteiger partial charge < -0.3 is 14.5 Å². The second kappa shape index (κ2) is 6.18. The molecule has 0 saturated carbocycles. The van der Waals surface area contributed by atoms with Gasteiger partial charge in [-0.25, -0.2) is 0 Å². The summed E-state index contributed by atoms with van der Waals surface area (Å²) in [5.41, 5.74) is 1.69. The van der Waals surface area contributed by atoms with E-state index in [0.717, 1.165) is 11.3 Å². The molecule has 0 saturated heterocycles. The number of aliphatic carboxylic acids is 1. The van der Waals surface area contributed by atoms with Crippen molar-refractivity contribution in [3.63, 3.8) is 0 Å². The lowest BCUT2D eigenvalue weighted by Gasteiger charge is -2.23. The second-order valence-electron chi connectivity index (χ2n) is 4.38. The normalized spacial score (nSPS) is 12.2. The molecule has 0 spiro atoms. The van der Waals surface area contributed by atoms with Gasteiger partial charge in [0.05, 0.1) is 12.1 Å². The smallest absolute Gasteiger partial charge is 0.305 e.